The van der Waals surface area contributed by atoms with E-state index in [1.807, 2.05) is 54.3 Å². The first-order chi connectivity index (χ1) is 14.5. The smallest absolute Gasteiger partial charge is 0.279 e. The van der Waals surface area contributed by atoms with Crippen LogP contribution < -0.4 is 15.0 Å². The van der Waals surface area contributed by atoms with Gasteiger partial charge in [0.2, 0.25) is 0 Å². The fourth-order valence-corrected chi connectivity index (χ4v) is 3.66. The lowest BCUT2D eigenvalue weighted by molar-refractivity contribution is -0.895. The summed E-state index contributed by atoms with van der Waals surface area (Å²) in [6, 6.07) is 13.8. The number of nitrogens with zero attached hydrogens (tertiary/aromatic N) is 1. The minimum absolute atomic E-state index is 0.00592. The molecule has 0 atom stereocenters. The molecule has 1 aliphatic heterocycles. The van der Waals surface area contributed by atoms with Crippen LogP contribution in [0, 0.1) is 13.8 Å². The van der Waals surface area contributed by atoms with Crippen molar-refractivity contribution in [2.45, 2.75) is 27.2 Å². The summed E-state index contributed by atoms with van der Waals surface area (Å²) in [5.41, 5.74) is 4.38. The number of rotatable bonds is 7. The minimum Gasteiger partial charge on any atom is -0.484 e. The van der Waals surface area contributed by atoms with Crippen LogP contribution in [0.4, 0.5) is 5.69 Å². The second-order valence-corrected chi connectivity index (χ2v) is 7.90. The van der Waals surface area contributed by atoms with Crippen molar-refractivity contribution in [3.63, 3.8) is 0 Å². The van der Waals surface area contributed by atoms with Crippen molar-refractivity contribution in [3.8, 4) is 5.75 Å². The lowest BCUT2D eigenvalue weighted by Crippen LogP contribution is -3.15. The van der Waals surface area contributed by atoms with Crippen molar-refractivity contribution in [1.29, 1.82) is 0 Å². The number of amides is 2. The van der Waals surface area contributed by atoms with Gasteiger partial charge < -0.3 is 19.9 Å². The maximum absolute atomic E-state index is 12.5. The second-order valence-electron chi connectivity index (χ2n) is 7.90. The maximum Gasteiger partial charge on any atom is 0.279 e. The fourth-order valence-electron chi connectivity index (χ4n) is 3.66. The molecule has 1 saturated heterocycles. The number of para-hydroxylation sites is 1. The van der Waals surface area contributed by atoms with Gasteiger partial charge in [0.15, 0.2) is 13.2 Å². The Morgan fingerprint density at radius 2 is 1.80 bits per heavy atom. The molecule has 6 nitrogen and oxygen atoms in total. The number of piperazine rings is 1. The van der Waals surface area contributed by atoms with E-state index in [1.165, 1.54) is 10.5 Å². The molecule has 1 heterocycles. The van der Waals surface area contributed by atoms with Crippen LogP contribution in [0.15, 0.2) is 42.5 Å². The third-order valence-electron chi connectivity index (χ3n) is 5.75. The molecule has 0 aromatic heterocycles. The molecule has 3 rings (SSSR count). The summed E-state index contributed by atoms with van der Waals surface area (Å²) in [7, 11) is 0. The van der Waals surface area contributed by atoms with E-state index in [0.717, 1.165) is 42.1 Å². The van der Waals surface area contributed by atoms with E-state index in [-0.39, 0.29) is 18.4 Å². The molecule has 0 radical (unpaired) electrons. The molecule has 2 aromatic rings. The van der Waals surface area contributed by atoms with Crippen LogP contribution in [-0.2, 0) is 16.0 Å². The topological polar surface area (TPSA) is 63.1 Å². The van der Waals surface area contributed by atoms with Crippen molar-refractivity contribution in [1.82, 2.24) is 4.90 Å². The van der Waals surface area contributed by atoms with Gasteiger partial charge in [-0.1, -0.05) is 31.2 Å². The molecule has 1 fully saturated rings. The van der Waals surface area contributed by atoms with E-state index < -0.39 is 0 Å². The monoisotopic (exact) mass is 410 g/mol. The Morgan fingerprint density at radius 1 is 1.07 bits per heavy atom. The highest BCUT2D eigenvalue weighted by Crippen LogP contribution is 2.16. The molecule has 0 spiro atoms. The van der Waals surface area contributed by atoms with Gasteiger partial charge in [-0.2, -0.15) is 0 Å². The summed E-state index contributed by atoms with van der Waals surface area (Å²) in [6.45, 7) is 9.43. The zero-order valence-electron chi connectivity index (χ0n) is 18.2. The van der Waals surface area contributed by atoms with Gasteiger partial charge in [0.05, 0.1) is 26.2 Å². The number of benzene rings is 2. The fraction of sp³-hybridized carbons (Fsp3) is 0.417. The molecule has 2 N–H and O–H groups in total. The number of carbonyl (C=O) groups is 2. The molecule has 0 saturated carbocycles. The van der Waals surface area contributed by atoms with E-state index in [0.29, 0.717) is 19.6 Å². The molecule has 0 unspecified atom stereocenters. The van der Waals surface area contributed by atoms with Crippen LogP contribution in [-0.4, -0.2) is 56.0 Å². The van der Waals surface area contributed by atoms with Gasteiger partial charge in [-0.15, -0.1) is 0 Å². The number of ether oxygens (including phenoxy) is 1. The number of hydrogen-bond acceptors (Lipinski definition) is 3. The first-order valence-corrected chi connectivity index (χ1v) is 10.7. The first kappa shape index (κ1) is 21.8. The van der Waals surface area contributed by atoms with Gasteiger partial charge in [-0.25, -0.2) is 0 Å². The number of quaternary nitrogens is 1. The molecule has 0 bridgehead atoms. The summed E-state index contributed by atoms with van der Waals surface area (Å²) >= 11 is 0. The minimum atomic E-state index is -0.00592. The van der Waals surface area contributed by atoms with Crippen LogP contribution in [0.5, 0.6) is 5.75 Å². The van der Waals surface area contributed by atoms with Crippen molar-refractivity contribution < 1.29 is 19.2 Å². The normalized spacial score (nSPS) is 14.4. The maximum atomic E-state index is 12.5. The second kappa shape index (κ2) is 10.3. The zero-order chi connectivity index (χ0) is 21.5. The van der Waals surface area contributed by atoms with Crippen LogP contribution >= 0.6 is 0 Å². The highest BCUT2D eigenvalue weighted by Gasteiger charge is 2.25. The van der Waals surface area contributed by atoms with Gasteiger partial charge in [0.25, 0.3) is 11.8 Å². The Hall–Kier alpha value is -2.86. The lowest BCUT2D eigenvalue weighted by Gasteiger charge is -2.31. The van der Waals surface area contributed by atoms with Gasteiger partial charge in [0, 0.05) is 5.69 Å². The van der Waals surface area contributed by atoms with Crippen molar-refractivity contribution in [3.05, 3.63) is 59.2 Å². The highest BCUT2D eigenvalue weighted by molar-refractivity contribution is 5.92. The predicted octanol–water partition coefficient (Wildman–Crippen LogP) is 1.61. The number of anilines is 1. The Labute approximate surface area is 178 Å². The average Bonchev–Trinajstić information content (AvgIpc) is 2.75. The van der Waals surface area contributed by atoms with Crippen LogP contribution in [0.1, 0.15) is 23.6 Å². The number of aryl methyl sites for hydroxylation is 3. The standard InChI is InChI=1S/C24H31N3O3/c1-4-20-7-5-6-8-22(20)25-23(28)16-26-11-13-27(14-12-26)24(29)17-30-21-10-9-18(2)19(3)15-21/h5-10,15H,4,11-14,16-17H2,1-3H3,(H,25,28)/p+1. The summed E-state index contributed by atoms with van der Waals surface area (Å²) in [4.78, 5) is 27.9. The van der Waals surface area contributed by atoms with E-state index in [9.17, 15) is 9.59 Å². The Balaban J connectivity index is 1.42. The molecular weight excluding hydrogens is 378 g/mol. The van der Waals surface area contributed by atoms with E-state index in [4.69, 9.17) is 4.74 Å². The highest BCUT2D eigenvalue weighted by atomic mass is 16.5. The van der Waals surface area contributed by atoms with Crippen molar-refractivity contribution in [2.24, 2.45) is 0 Å². The first-order valence-electron chi connectivity index (χ1n) is 10.7. The van der Waals surface area contributed by atoms with E-state index in [2.05, 4.69) is 19.2 Å². The van der Waals surface area contributed by atoms with Gasteiger partial charge in [0.1, 0.15) is 5.75 Å². The van der Waals surface area contributed by atoms with Gasteiger partial charge in [-0.05, 0) is 55.2 Å². The Bertz CT molecular complexity index is 889. The summed E-state index contributed by atoms with van der Waals surface area (Å²) < 4.78 is 5.67. The zero-order valence-corrected chi connectivity index (χ0v) is 18.2. The van der Waals surface area contributed by atoms with E-state index >= 15 is 0 Å². The predicted molar refractivity (Wildman–Crippen MR) is 118 cm³/mol. The molecule has 1 aliphatic rings. The van der Waals surface area contributed by atoms with E-state index in [1.54, 1.807) is 0 Å². The number of carbonyl (C=O) groups excluding carboxylic acids is 2. The molecule has 160 valence electrons. The Kier molecular flexibility index (Phi) is 7.46. The molecule has 2 amide bonds. The lowest BCUT2D eigenvalue weighted by atomic mass is 10.1. The molecule has 30 heavy (non-hydrogen) atoms. The van der Waals surface area contributed by atoms with Crippen LogP contribution in [0.3, 0.4) is 0 Å². The molecule has 2 aromatic carbocycles. The third kappa shape index (κ3) is 5.83. The number of hydrogen-bond donors (Lipinski definition) is 2. The summed E-state index contributed by atoms with van der Waals surface area (Å²) in [6.07, 6.45) is 0.883. The summed E-state index contributed by atoms with van der Waals surface area (Å²) in [5, 5.41) is 3.03. The van der Waals surface area contributed by atoms with Crippen LogP contribution in [0.25, 0.3) is 0 Å². The van der Waals surface area contributed by atoms with Crippen molar-refractivity contribution >= 4 is 17.5 Å². The molecule has 6 heteroatoms. The molecule has 0 aliphatic carbocycles. The van der Waals surface area contributed by atoms with Gasteiger partial charge >= 0.3 is 0 Å². The van der Waals surface area contributed by atoms with Gasteiger partial charge in [-0.3, -0.25) is 9.59 Å². The Morgan fingerprint density at radius 3 is 2.50 bits per heavy atom. The SMILES string of the molecule is CCc1ccccc1NC(=O)C[NH+]1CCN(C(=O)COc2ccc(C)c(C)c2)CC1. The van der Waals surface area contributed by atoms with Crippen LogP contribution in [0.2, 0.25) is 0 Å². The average molecular weight is 411 g/mol. The summed E-state index contributed by atoms with van der Waals surface area (Å²) in [5.74, 6) is 0.733. The largest absolute Gasteiger partial charge is 0.484 e. The molecular formula is C24H32N3O3+. The third-order valence-corrected chi connectivity index (χ3v) is 5.75. The quantitative estimate of drug-likeness (QED) is 0.729. The number of nitrogens with one attached hydrogen (secondary N) is 2. The van der Waals surface area contributed by atoms with Crippen molar-refractivity contribution in [2.75, 3.05) is 44.6 Å².